The summed E-state index contributed by atoms with van der Waals surface area (Å²) < 4.78 is 39.8. The number of benzene rings is 1. The number of likely N-dealkylation sites (N-methyl/N-ethyl adjacent to an activating group) is 1. The van der Waals surface area contributed by atoms with Crippen LogP contribution in [-0.2, 0) is 19.6 Å². The van der Waals surface area contributed by atoms with Crippen LogP contribution in [0.3, 0.4) is 0 Å². The zero-order chi connectivity index (χ0) is 20.0. The number of rotatable bonds is 7. The van der Waals surface area contributed by atoms with E-state index in [1.807, 2.05) is 0 Å². The van der Waals surface area contributed by atoms with Gasteiger partial charge in [0.15, 0.2) is 6.54 Å². The maximum absolute atomic E-state index is 13.3. The Balaban J connectivity index is 1.86. The van der Waals surface area contributed by atoms with E-state index in [1.54, 1.807) is 6.92 Å². The highest BCUT2D eigenvalue weighted by Gasteiger charge is 2.31. The van der Waals surface area contributed by atoms with Crippen molar-refractivity contribution in [3.8, 4) is 0 Å². The molecule has 0 atom stereocenters. The summed E-state index contributed by atoms with van der Waals surface area (Å²) in [6, 6.07) is 3.31. The van der Waals surface area contributed by atoms with E-state index < -0.39 is 15.8 Å². The van der Waals surface area contributed by atoms with E-state index in [0.717, 1.165) is 17.0 Å². The number of quaternary nitrogens is 1. The van der Waals surface area contributed by atoms with E-state index in [1.165, 1.54) is 10.4 Å². The summed E-state index contributed by atoms with van der Waals surface area (Å²) in [5.41, 5.74) is 0. The quantitative estimate of drug-likeness (QED) is 0.505. The molecule has 0 radical (unpaired) electrons. The normalized spacial score (nSPS) is 16.1. The zero-order valence-electron chi connectivity index (χ0n) is 14.9. The van der Waals surface area contributed by atoms with Gasteiger partial charge in [0.05, 0.1) is 42.6 Å². The molecule has 1 aliphatic heterocycles. The van der Waals surface area contributed by atoms with Crippen LogP contribution < -0.4 is 15.5 Å². The molecule has 1 aliphatic rings. The Morgan fingerprint density at radius 3 is 2.48 bits per heavy atom. The molecule has 1 saturated heterocycles. The van der Waals surface area contributed by atoms with Crippen molar-refractivity contribution in [1.82, 2.24) is 14.9 Å². The van der Waals surface area contributed by atoms with E-state index in [4.69, 9.17) is 11.6 Å². The lowest BCUT2D eigenvalue weighted by Crippen LogP contribution is -3.15. The van der Waals surface area contributed by atoms with Crippen LogP contribution in [0, 0.1) is 5.82 Å². The van der Waals surface area contributed by atoms with Crippen LogP contribution in [0.15, 0.2) is 23.1 Å². The van der Waals surface area contributed by atoms with E-state index in [9.17, 15) is 22.4 Å². The third-order valence-corrected chi connectivity index (χ3v) is 6.37. The number of piperazine rings is 1. The Bertz CT molecular complexity index is 798. The first kappa shape index (κ1) is 21.5. The van der Waals surface area contributed by atoms with Crippen molar-refractivity contribution >= 4 is 33.4 Å². The summed E-state index contributed by atoms with van der Waals surface area (Å²) in [5, 5.41) is 4.88. The first-order chi connectivity index (χ1) is 12.7. The Hall–Kier alpha value is -1.75. The van der Waals surface area contributed by atoms with Crippen LogP contribution in [0.4, 0.5) is 4.39 Å². The van der Waals surface area contributed by atoms with Crippen LogP contribution in [0.25, 0.3) is 0 Å². The smallest absolute Gasteiger partial charge is 0.275 e. The molecule has 0 spiro atoms. The number of nitrogens with one attached hydrogen (secondary N) is 3. The molecule has 2 rings (SSSR count). The van der Waals surface area contributed by atoms with Crippen LogP contribution >= 0.6 is 11.6 Å². The first-order valence-electron chi connectivity index (χ1n) is 8.56. The molecule has 1 aromatic carbocycles. The summed E-state index contributed by atoms with van der Waals surface area (Å²) in [7, 11) is -3.77. The van der Waals surface area contributed by atoms with Gasteiger partial charge in [-0.1, -0.05) is 11.6 Å². The molecule has 1 heterocycles. The maximum atomic E-state index is 13.3. The second-order valence-electron chi connectivity index (χ2n) is 6.14. The van der Waals surface area contributed by atoms with E-state index in [0.29, 0.717) is 19.6 Å². The fourth-order valence-electron chi connectivity index (χ4n) is 2.73. The minimum atomic E-state index is -3.77. The standard InChI is InChI=1S/C16H22ClFN4O4S/c1-2-19-15(23)10-20-16(24)11-21-5-7-22(8-6-21)27(25,26)12-3-4-14(18)13(17)9-12/h3-4,9H,2,5-8,10-11H2,1H3,(H,19,23)(H,20,24)/p+1. The van der Waals surface area contributed by atoms with Crippen LogP contribution in [-0.4, -0.2) is 70.4 Å². The summed E-state index contributed by atoms with van der Waals surface area (Å²) in [4.78, 5) is 24.1. The van der Waals surface area contributed by atoms with Gasteiger partial charge in [-0.05, 0) is 25.1 Å². The van der Waals surface area contributed by atoms with Gasteiger partial charge in [0.25, 0.3) is 5.91 Å². The van der Waals surface area contributed by atoms with Crippen LogP contribution in [0.5, 0.6) is 0 Å². The topological polar surface area (TPSA) is 100 Å². The van der Waals surface area contributed by atoms with Crippen molar-refractivity contribution in [2.24, 2.45) is 0 Å². The van der Waals surface area contributed by atoms with Gasteiger partial charge in [-0.2, -0.15) is 4.31 Å². The van der Waals surface area contributed by atoms with Crippen molar-refractivity contribution in [3.05, 3.63) is 29.0 Å². The molecule has 1 aromatic rings. The number of sulfonamides is 1. The molecular weight excluding hydrogens is 399 g/mol. The third-order valence-electron chi connectivity index (χ3n) is 4.19. The highest BCUT2D eigenvalue weighted by atomic mass is 35.5. The largest absolute Gasteiger partial charge is 0.355 e. The Kier molecular flexibility index (Phi) is 7.54. The highest BCUT2D eigenvalue weighted by molar-refractivity contribution is 7.89. The molecule has 0 aromatic heterocycles. The van der Waals surface area contributed by atoms with Crippen molar-refractivity contribution in [2.45, 2.75) is 11.8 Å². The lowest BCUT2D eigenvalue weighted by atomic mass is 10.3. The molecule has 0 aliphatic carbocycles. The minimum absolute atomic E-state index is 0.0583. The number of carbonyl (C=O) groups excluding carboxylic acids is 2. The van der Waals surface area contributed by atoms with Crippen molar-refractivity contribution in [1.29, 1.82) is 0 Å². The molecule has 2 amide bonds. The van der Waals surface area contributed by atoms with Gasteiger partial charge in [-0.3, -0.25) is 9.59 Å². The Morgan fingerprint density at radius 2 is 1.89 bits per heavy atom. The average Bonchev–Trinajstić information content (AvgIpc) is 2.63. The Morgan fingerprint density at radius 1 is 1.22 bits per heavy atom. The number of hydrogen-bond donors (Lipinski definition) is 3. The summed E-state index contributed by atoms with van der Waals surface area (Å²) in [6.45, 7) is 3.73. The van der Waals surface area contributed by atoms with Crippen molar-refractivity contribution in [2.75, 3.05) is 45.8 Å². The predicted octanol–water partition coefficient (Wildman–Crippen LogP) is -1.38. The van der Waals surface area contributed by atoms with Crippen LogP contribution in [0.1, 0.15) is 6.92 Å². The number of halogens is 2. The molecule has 150 valence electrons. The van der Waals surface area contributed by atoms with Crippen LogP contribution in [0.2, 0.25) is 5.02 Å². The summed E-state index contributed by atoms with van der Waals surface area (Å²) >= 11 is 5.68. The maximum Gasteiger partial charge on any atom is 0.275 e. The molecule has 8 nitrogen and oxygen atoms in total. The van der Waals surface area contributed by atoms with E-state index in [-0.39, 0.29) is 47.9 Å². The van der Waals surface area contributed by atoms with Gasteiger partial charge in [0, 0.05) is 6.54 Å². The molecule has 11 heteroatoms. The van der Waals surface area contributed by atoms with Gasteiger partial charge < -0.3 is 15.5 Å². The monoisotopic (exact) mass is 421 g/mol. The second kappa shape index (κ2) is 9.45. The lowest BCUT2D eigenvalue weighted by molar-refractivity contribution is -0.895. The lowest BCUT2D eigenvalue weighted by Gasteiger charge is -2.31. The number of nitrogens with zero attached hydrogens (tertiary/aromatic N) is 1. The zero-order valence-corrected chi connectivity index (χ0v) is 16.5. The van der Waals surface area contributed by atoms with Crippen molar-refractivity contribution in [3.63, 3.8) is 0 Å². The fraction of sp³-hybridized carbons (Fsp3) is 0.500. The van der Waals surface area contributed by atoms with Gasteiger partial charge in [0.1, 0.15) is 5.82 Å². The molecule has 3 N–H and O–H groups in total. The number of hydrogen-bond acceptors (Lipinski definition) is 4. The Labute approximate surface area is 162 Å². The van der Waals surface area contributed by atoms with Gasteiger partial charge in [0.2, 0.25) is 15.9 Å². The molecule has 0 bridgehead atoms. The average molecular weight is 422 g/mol. The van der Waals surface area contributed by atoms with Gasteiger partial charge in [-0.25, -0.2) is 12.8 Å². The second-order valence-corrected chi connectivity index (χ2v) is 8.48. The van der Waals surface area contributed by atoms with Crippen molar-refractivity contribution < 1.29 is 27.3 Å². The first-order valence-corrected chi connectivity index (χ1v) is 10.4. The molecule has 0 unspecified atom stereocenters. The number of amides is 2. The fourth-order valence-corrected chi connectivity index (χ4v) is 4.45. The number of carbonyl (C=O) groups is 2. The molecular formula is C16H23ClFN4O4S+. The highest BCUT2D eigenvalue weighted by Crippen LogP contribution is 2.22. The van der Waals surface area contributed by atoms with E-state index >= 15 is 0 Å². The molecule has 27 heavy (non-hydrogen) atoms. The summed E-state index contributed by atoms with van der Waals surface area (Å²) in [6.07, 6.45) is 0. The van der Waals surface area contributed by atoms with Gasteiger partial charge in [-0.15, -0.1) is 0 Å². The predicted molar refractivity (Wildman–Crippen MR) is 97.4 cm³/mol. The summed E-state index contributed by atoms with van der Waals surface area (Å²) in [5.74, 6) is -1.20. The van der Waals surface area contributed by atoms with Gasteiger partial charge >= 0.3 is 0 Å². The molecule has 0 saturated carbocycles. The SMILES string of the molecule is CCNC(=O)CNC(=O)C[NH+]1CCN(S(=O)(=O)c2ccc(F)c(Cl)c2)CC1. The third kappa shape index (κ3) is 5.86. The minimum Gasteiger partial charge on any atom is -0.355 e. The molecule has 1 fully saturated rings. The van der Waals surface area contributed by atoms with E-state index in [2.05, 4.69) is 10.6 Å².